The van der Waals surface area contributed by atoms with Crippen LogP contribution in [0.1, 0.15) is 33.1 Å². The van der Waals surface area contributed by atoms with E-state index >= 15 is 0 Å². The van der Waals surface area contributed by atoms with Crippen molar-refractivity contribution in [3.8, 4) is 17.1 Å². The van der Waals surface area contributed by atoms with Crippen LogP contribution in [-0.2, 0) is 11.2 Å². The van der Waals surface area contributed by atoms with Gasteiger partial charge < -0.3 is 14.6 Å². The molecule has 1 heterocycles. The normalized spacial score (nSPS) is 11.3. The molecule has 1 amide bonds. The average Bonchev–Trinajstić information content (AvgIpc) is 2.99. The lowest BCUT2D eigenvalue weighted by atomic mass is 9.97. The molecule has 0 saturated heterocycles. The van der Waals surface area contributed by atoms with Gasteiger partial charge in [0.05, 0.1) is 7.11 Å². The third-order valence-corrected chi connectivity index (χ3v) is 3.20. The Morgan fingerprint density at radius 2 is 1.96 bits per heavy atom. The summed E-state index contributed by atoms with van der Waals surface area (Å²) in [7, 11) is 1.62. The Bertz CT molecular complexity index is 642. The number of nitrogens with zero attached hydrogens (tertiary/aromatic N) is 2. The number of aryl methyl sites for hydroxylation is 1. The first-order valence-electron chi connectivity index (χ1n) is 7.61. The molecule has 0 aliphatic rings. The minimum Gasteiger partial charge on any atom is -0.497 e. The van der Waals surface area contributed by atoms with Crippen molar-refractivity contribution in [3.05, 3.63) is 30.2 Å². The van der Waals surface area contributed by atoms with Crippen molar-refractivity contribution >= 4 is 5.91 Å². The number of nitrogens with one attached hydrogen (secondary N) is 1. The van der Waals surface area contributed by atoms with Crippen molar-refractivity contribution in [1.29, 1.82) is 0 Å². The number of hydrogen-bond donors (Lipinski definition) is 1. The van der Waals surface area contributed by atoms with Gasteiger partial charge in [0.1, 0.15) is 5.75 Å². The van der Waals surface area contributed by atoms with E-state index < -0.39 is 0 Å². The fraction of sp³-hybridized carbons (Fsp3) is 0.471. The molecule has 6 heteroatoms. The number of carbonyl (C=O) groups is 1. The van der Waals surface area contributed by atoms with E-state index in [1.807, 2.05) is 24.3 Å². The van der Waals surface area contributed by atoms with Crippen molar-refractivity contribution < 1.29 is 14.1 Å². The summed E-state index contributed by atoms with van der Waals surface area (Å²) in [5.74, 6) is 1.73. The topological polar surface area (TPSA) is 77.2 Å². The predicted molar refractivity (Wildman–Crippen MR) is 87.1 cm³/mol. The molecular formula is C17H23N3O3. The van der Waals surface area contributed by atoms with Gasteiger partial charge in [0.2, 0.25) is 17.6 Å². The first-order valence-corrected chi connectivity index (χ1v) is 7.61. The van der Waals surface area contributed by atoms with E-state index in [4.69, 9.17) is 9.26 Å². The Hall–Kier alpha value is -2.37. The zero-order chi connectivity index (χ0) is 16.9. The molecule has 1 aromatic carbocycles. The zero-order valence-electron chi connectivity index (χ0n) is 14.0. The summed E-state index contributed by atoms with van der Waals surface area (Å²) in [6.45, 7) is 6.87. The van der Waals surface area contributed by atoms with Gasteiger partial charge in [-0.2, -0.15) is 4.98 Å². The lowest BCUT2D eigenvalue weighted by Gasteiger charge is -2.18. The maximum atomic E-state index is 11.8. The third-order valence-electron chi connectivity index (χ3n) is 3.20. The van der Waals surface area contributed by atoms with Gasteiger partial charge in [-0.3, -0.25) is 4.79 Å². The Labute approximate surface area is 136 Å². The third kappa shape index (κ3) is 5.39. The highest BCUT2D eigenvalue weighted by atomic mass is 16.5. The number of methoxy groups -OCH3 is 1. The smallest absolute Gasteiger partial charge is 0.227 e. The van der Waals surface area contributed by atoms with E-state index in [9.17, 15) is 4.79 Å². The van der Waals surface area contributed by atoms with E-state index in [2.05, 4.69) is 36.2 Å². The van der Waals surface area contributed by atoms with Gasteiger partial charge >= 0.3 is 0 Å². The van der Waals surface area contributed by atoms with Crippen molar-refractivity contribution in [1.82, 2.24) is 15.5 Å². The van der Waals surface area contributed by atoms with Gasteiger partial charge in [-0.25, -0.2) is 0 Å². The lowest BCUT2D eigenvalue weighted by Crippen LogP contribution is -2.32. The first-order chi connectivity index (χ1) is 10.9. The summed E-state index contributed by atoms with van der Waals surface area (Å²) in [5.41, 5.74) is 0.916. The highest BCUT2D eigenvalue weighted by Gasteiger charge is 2.14. The van der Waals surface area contributed by atoms with Crippen LogP contribution in [0.5, 0.6) is 5.75 Å². The molecule has 0 aliphatic heterocycles. The van der Waals surface area contributed by atoms with Gasteiger partial charge in [0.15, 0.2) is 0 Å². The van der Waals surface area contributed by atoms with Crippen LogP contribution in [0, 0.1) is 5.41 Å². The number of aromatic nitrogens is 2. The molecule has 2 aromatic rings. The molecule has 23 heavy (non-hydrogen) atoms. The quantitative estimate of drug-likeness (QED) is 0.886. The molecule has 0 spiro atoms. The van der Waals surface area contributed by atoms with Crippen LogP contribution in [0.4, 0.5) is 0 Å². The van der Waals surface area contributed by atoms with E-state index in [1.165, 1.54) is 0 Å². The van der Waals surface area contributed by atoms with Gasteiger partial charge in [-0.05, 0) is 29.7 Å². The van der Waals surface area contributed by atoms with Crippen LogP contribution in [0.15, 0.2) is 28.8 Å². The molecule has 0 radical (unpaired) electrons. The summed E-state index contributed by atoms with van der Waals surface area (Å²) < 4.78 is 10.3. The molecular weight excluding hydrogens is 294 g/mol. The van der Waals surface area contributed by atoms with Crippen molar-refractivity contribution in [2.24, 2.45) is 5.41 Å². The minimum absolute atomic E-state index is 0.0101. The van der Waals surface area contributed by atoms with Crippen molar-refractivity contribution in [2.75, 3.05) is 13.7 Å². The second-order valence-electron chi connectivity index (χ2n) is 6.58. The summed E-state index contributed by atoms with van der Waals surface area (Å²) >= 11 is 0. The summed E-state index contributed by atoms with van der Waals surface area (Å²) in [4.78, 5) is 16.1. The summed E-state index contributed by atoms with van der Waals surface area (Å²) in [5, 5.41) is 6.85. The van der Waals surface area contributed by atoms with Crippen molar-refractivity contribution in [3.63, 3.8) is 0 Å². The second-order valence-corrected chi connectivity index (χ2v) is 6.58. The molecule has 2 rings (SSSR count). The molecule has 0 saturated carbocycles. The fourth-order valence-electron chi connectivity index (χ4n) is 1.89. The van der Waals surface area contributed by atoms with E-state index in [1.54, 1.807) is 7.11 Å². The van der Waals surface area contributed by atoms with Gasteiger partial charge in [-0.1, -0.05) is 25.9 Å². The molecule has 0 aliphatic carbocycles. The van der Waals surface area contributed by atoms with Gasteiger partial charge in [0.25, 0.3) is 0 Å². The predicted octanol–water partition coefficient (Wildman–Crippen LogP) is 2.84. The van der Waals surface area contributed by atoms with Gasteiger partial charge in [0, 0.05) is 24.9 Å². The molecule has 0 bridgehead atoms. The Morgan fingerprint density at radius 1 is 1.26 bits per heavy atom. The molecule has 6 nitrogen and oxygen atoms in total. The van der Waals surface area contributed by atoms with E-state index in [0.29, 0.717) is 31.1 Å². The highest BCUT2D eigenvalue weighted by molar-refractivity contribution is 5.76. The fourth-order valence-corrected chi connectivity index (χ4v) is 1.89. The Kier molecular flexibility index (Phi) is 5.36. The molecule has 1 N–H and O–H groups in total. The van der Waals surface area contributed by atoms with E-state index in [0.717, 1.165) is 11.3 Å². The average molecular weight is 317 g/mol. The van der Waals surface area contributed by atoms with Crippen LogP contribution in [-0.4, -0.2) is 29.7 Å². The zero-order valence-corrected chi connectivity index (χ0v) is 14.0. The monoisotopic (exact) mass is 317 g/mol. The van der Waals surface area contributed by atoms with Crippen LogP contribution in [0.25, 0.3) is 11.4 Å². The maximum Gasteiger partial charge on any atom is 0.227 e. The largest absolute Gasteiger partial charge is 0.497 e. The number of hydrogen-bond acceptors (Lipinski definition) is 5. The minimum atomic E-state index is -0.0101. The number of amides is 1. The van der Waals surface area contributed by atoms with Crippen LogP contribution in [0.3, 0.4) is 0 Å². The Balaban J connectivity index is 1.88. The SMILES string of the molecule is COc1ccc(-c2noc(CCC(=O)NCC(C)(C)C)n2)cc1. The summed E-state index contributed by atoms with van der Waals surface area (Å²) in [6.07, 6.45) is 0.763. The lowest BCUT2D eigenvalue weighted by molar-refractivity contribution is -0.121. The molecule has 0 unspecified atom stereocenters. The number of ether oxygens (including phenoxy) is 1. The standard InChI is InChI=1S/C17H23N3O3/c1-17(2,3)11-18-14(21)9-10-15-19-16(20-23-15)12-5-7-13(22-4)8-6-12/h5-8H,9-11H2,1-4H3,(H,18,21). The Morgan fingerprint density at radius 3 is 2.57 bits per heavy atom. The van der Waals surface area contributed by atoms with Crippen LogP contribution in [0.2, 0.25) is 0 Å². The van der Waals surface area contributed by atoms with Crippen LogP contribution < -0.4 is 10.1 Å². The molecule has 1 aromatic heterocycles. The molecule has 0 fully saturated rings. The summed E-state index contributed by atoms with van der Waals surface area (Å²) in [6, 6.07) is 7.41. The molecule has 124 valence electrons. The number of benzene rings is 1. The second kappa shape index (κ2) is 7.26. The van der Waals surface area contributed by atoms with Crippen molar-refractivity contribution in [2.45, 2.75) is 33.6 Å². The highest BCUT2D eigenvalue weighted by Crippen LogP contribution is 2.20. The van der Waals surface area contributed by atoms with Gasteiger partial charge in [-0.15, -0.1) is 0 Å². The first kappa shape index (κ1) is 17.0. The molecule has 0 atom stereocenters. The number of rotatable bonds is 6. The maximum absolute atomic E-state index is 11.8. The van der Waals surface area contributed by atoms with Crippen LogP contribution >= 0.6 is 0 Å². The van der Waals surface area contributed by atoms with E-state index in [-0.39, 0.29) is 11.3 Å². The number of carbonyl (C=O) groups excluding carboxylic acids is 1.